The molecule has 0 aliphatic rings. The molecular weight excluding hydrogens is 308 g/mol. The maximum absolute atomic E-state index is 12.2. The Morgan fingerprint density at radius 3 is 2.67 bits per heavy atom. The van der Waals surface area contributed by atoms with Gasteiger partial charge in [0.25, 0.3) is 0 Å². The van der Waals surface area contributed by atoms with Crippen LogP contribution >= 0.6 is 0 Å². The van der Waals surface area contributed by atoms with Gasteiger partial charge in [0, 0.05) is 17.0 Å². The Kier molecular flexibility index (Phi) is 6.01. The Labute approximate surface area is 141 Å². The zero-order valence-electron chi connectivity index (χ0n) is 14.4. The van der Waals surface area contributed by atoms with Crippen LogP contribution in [0.25, 0.3) is 11.0 Å². The van der Waals surface area contributed by atoms with Crippen molar-refractivity contribution in [1.29, 1.82) is 0 Å². The average molecular weight is 331 g/mol. The van der Waals surface area contributed by atoms with Gasteiger partial charge in [0.05, 0.1) is 5.97 Å². The molecule has 0 saturated carbocycles. The first-order valence-electron chi connectivity index (χ1n) is 8.41. The molecule has 5 heteroatoms. The standard InChI is InChI=1S/C19H24O5/c1-4-6-7-8-15-12(3)14-10-9-13(11-17(14)24-19(15)22)23-16(5-2)18(20)21/h9-11,16H,4-8H2,1-3H3,(H,20,21)/p-1/t16-/m0/s1. The summed E-state index contributed by atoms with van der Waals surface area (Å²) in [5, 5.41) is 11.8. The first kappa shape index (κ1) is 18.0. The molecule has 0 bridgehead atoms. The Balaban J connectivity index is 2.35. The highest BCUT2D eigenvalue weighted by molar-refractivity contribution is 5.82. The maximum Gasteiger partial charge on any atom is 0.339 e. The maximum atomic E-state index is 12.2. The molecule has 130 valence electrons. The van der Waals surface area contributed by atoms with Gasteiger partial charge in [-0.05, 0) is 43.9 Å². The molecule has 0 amide bonds. The van der Waals surface area contributed by atoms with Gasteiger partial charge < -0.3 is 19.1 Å². The number of unbranched alkanes of at least 4 members (excludes halogenated alkanes) is 2. The van der Waals surface area contributed by atoms with Crippen molar-refractivity contribution in [2.75, 3.05) is 0 Å². The summed E-state index contributed by atoms with van der Waals surface area (Å²) >= 11 is 0. The number of ether oxygens (including phenoxy) is 1. The Morgan fingerprint density at radius 2 is 2.04 bits per heavy atom. The minimum absolute atomic E-state index is 0.291. The van der Waals surface area contributed by atoms with Crippen molar-refractivity contribution in [2.24, 2.45) is 0 Å². The van der Waals surface area contributed by atoms with Gasteiger partial charge in [-0.25, -0.2) is 4.79 Å². The molecule has 0 spiro atoms. The molecule has 2 rings (SSSR count). The lowest BCUT2D eigenvalue weighted by molar-refractivity contribution is -0.313. The molecule has 24 heavy (non-hydrogen) atoms. The molecule has 5 nitrogen and oxygen atoms in total. The van der Waals surface area contributed by atoms with Crippen molar-refractivity contribution in [3.8, 4) is 5.75 Å². The summed E-state index contributed by atoms with van der Waals surface area (Å²) in [6.45, 7) is 5.74. The summed E-state index contributed by atoms with van der Waals surface area (Å²) in [5.74, 6) is -0.915. The van der Waals surface area contributed by atoms with Gasteiger partial charge in [-0.3, -0.25) is 0 Å². The fourth-order valence-electron chi connectivity index (χ4n) is 2.75. The summed E-state index contributed by atoms with van der Waals surface area (Å²) in [5.41, 5.74) is 1.70. The van der Waals surface area contributed by atoms with E-state index in [9.17, 15) is 14.7 Å². The van der Waals surface area contributed by atoms with Gasteiger partial charge in [0.2, 0.25) is 0 Å². The molecule has 0 N–H and O–H groups in total. The normalized spacial score (nSPS) is 12.3. The van der Waals surface area contributed by atoms with Crippen molar-refractivity contribution < 1.29 is 19.1 Å². The third kappa shape index (κ3) is 3.96. The number of aryl methyl sites for hydroxylation is 1. The number of carbonyl (C=O) groups is 1. The zero-order valence-corrected chi connectivity index (χ0v) is 14.4. The average Bonchev–Trinajstić information content (AvgIpc) is 2.55. The Morgan fingerprint density at radius 1 is 1.29 bits per heavy atom. The topological polar surface area (TPSA) is 79.6 Å². The first-order valence-corrected chi connectivity index (χ1v) is 8.41. The number of aliphatic carboxylic acids is 1. The molecule has 1 aromatic carbocycles. The second-order valence-electron chi connectivity index (χ2n) is 5.94. The zero-order chi connectivity index (χ0) is 17.7. The molecule has 1 atom stereocenters. The molecule has 0 aliphatic heterocycles. The second-order valence-corrected chi connectivity index (χ2v) is 5.94. The van der Waals surface area contributed by atoms with Crippen LogP contribution in [0.1, 0.15) is 50.7 Å². The summed E-state index contributed by atoms with van der Waals surface area (Å²) < 4.78 is 10.8. The van der Waals surface area contributed by atoms with Gasteiger partial charge in [0.15, 0.2) is 0 Å². The van der Waals surface area contributed by atoms with E-state index in [1.807, 2.05) is 6.92 Å². The van der Waals surface area contributed by atoms with Gasteiger partial charge in [-0.15, -0.1) is 0 Å². The van der Waals surface area contributed by atoms with Gasteiger partial charge in [0.1, 0.15) is 17.4 Å². The highest BCUT2D eigenvalue weighted by Gasteiger charge is 2.14. The van der Waals surface area contributed by atoms with Crippen LogP contribution in [0.15, 0.2) is 27.4 Å². The molecule has 0 fully saturated rings. The van der Waals surface area contributed by atoms with E-state index in [0.29, 0.717) is 29.7 Å². The number of rotatable bonds is 8. The minimum Gasteiger partial charge on any atom is -0.546 e. The number of fused-ring (bicyclic) bond motifs is 1. The van der Waals surface area contributed by atoms with Gasteiger partial charge in [-0.1, -0.05) is 26.7 Å². The van der Waals surface area contributed by atoms with Crippen molar-refractivity contribution in [3.05, 3.63) is 39.7 Å². The second kappa shape index (κ2) is 7.99. The van der Waals surface area contributed by atoms with Crippen LogP contribution < -0.4 is 15.5 Å². The predicted octanol–water partition coefficient (Wildman–Crippen LogP) is 2.74. The Bertz CT molecular complexity index is 775. The SMILES string of the molecule is CCCCCc1c(C)c2ccc(O[C@@H](CC)C(=O)[O-])cc2oc1=O. The molecule has 0 radical (unpaired) electrons. The fraction of sp³-hybridized carbons (Fsp3) is 0.474. The third-order valence-electron chi connectivity index (χ3n) is 4.20. The van der Waals surface area contributed by atoms with Crippen LogP contribution in [0, 0.1) is 6.92 Å². The number of carboxylic acid groups (broad SMARTS) is 1. The molecule has 1 heterocycles. The van der Waals surface area contributed by atoms with E-state index in [2.05, 4.69) is 6.92 Å². The van der Waals surface area contributed by atoms with E-state index in [-0.39, 0.29) is 5.63 Å². The van der Waals surface area contributed by atoms with Crippen LogP contribution in [-0.4, -0.2) is 12.1 Å². The largest absolute Gasteiger partial charge is 0.546 e. The third-order valence-corrected chi connectivity index (χ3v) is 4.20. The lowest BCUT2D eigenvalue weighted by atomic mass is 10.0. The van der Waals surface area contributed by atoms with E-state index in [1.54, 1.807) is 25.1 Å². The van der Waals surface area contributed by atoms with Crippen LogP contribution in [0.5, 0.6) is 5.75 Å². The summed E-state index contributed by atoms with van der Waals surface area (Å²) in [6.07, 6.45) is 3.10. The van der Waals surface area contributed by atoms with E-state index in [4.69, 9.17) is 9.15 Å². The number of carbonyl (C=O) groups excluding carboxylic acids is 1. The predicted molar refractivity (Wildman–Crippen MR) is 90.2 cm³/mol. The van der Waals surface area contributed by atoms with Crippen molar-refractivity contribution >= 4 is 16.9 Å². The van der Waals surface area contributed by atoms with Gasteiger partial charge in [-0.2, -0.15) is 0 Å². The van der Waals surface area contributed by atoms with E-state index in [1.165, 1.54) is 0 Å². The highest BCUT2D eigenvalue weighted by Crippen LogP contribution is 2.25. The van der Waals surface area contributed by atoms with E-state index in [0.717, 1.165) is 30.2 Å². The fourth-order valence-corrected chi connectivity index (χ4v) is 2.75. The molecule has 0 aliphatic carbocycles. The quantitative estimate of drug-likeness (QED) is 0.549. The molecule has 1 aromatic heterocycles. The number of benzene rings is 1. The molecule has 0 unspecified atom stereocenters. The highest BCUT2D eigenvalue weighted by atomic mass is 16.5. The number of hydrogen-bond acceptors (Lipinski definition) is 5. The summed E-state index contributed by atoms with van der Waals surface area (Å²) in [7, 11) is 0. The Hall–Kier alpha value is -2.30. The summed E-state index contributed by atoms with van der Waals surface area (Å²) in [6, 6.07) is 5.05. The van der Waals surface area contributed by atoms with E-state index < -0.39 is 12.1 Å². The van der Waals surface area contributed by atoms with E-state index >= 15 is 0 Å². The van der Waals surface area contributed by atoms with Crippen LogP contribution in [0.2, 0.25) is 0 Å². The first-order chi connectivity index (χ1) is 11.5. The van der Waals surface area contributed by atoms with Crippen LogP contribution in [0.3, 0.4) is 0 Å². The number of hydrogen-bond donors (Lipinski definition) is 0. The lowest BCUT2D eigenvalue weighted by Gasteiger charge is -2.18. The summed E-state index contributed by atoms with van der Waals surface area (Å²) in [4.78, 5) is 23.2. The minimum atomic E-state index is -1.26. The number of carboxylic acids is 1. The van der Waals surface area contributed by atoms with Crippen molar-refractivity contribution in [3.63, 3.8) is 0 Å². The lowest BCUT2D eigenvalue weighted by Crippen LogP contribution is -2.39. The van der Waals surface area contributed by atoms with Crippen molar-refractivity contribution in [1.82, 2.24) is 0 Å². The monoisotopic (exact) mass is 331 g/mol. The smallest absolute Gasteiger partial charge is 0.339 e. The van der Waals surface area contributed by atoms with Crippen LogP contribution in [-0.2, 0) is 11.2 Å². The molecule has 0 saturated heterocycles. The van der Waals surface area contributed by atoms with Gasteiger partial charge >= 0.3 is 5.63 Å². The molecular formula is C19H23O5-. The van der Waals surface area contributed by atoms with Crippen LogP contribution in [0.4, 0.5) is 0 Å². The molecule has 2 aromatic rings. The van der Waals surface area contributed by atoms with Crippen molar-refractivity contribution in [2.45, 2.75) is 59.0 Å².